The lowest BCUT2D eigenvalue weighted by Crippen LogP contribution is -2.22. The predicted octanol–water partition coefficient (Wildman–Crippen LogP) is 5.22. The SMILES string of the molecule is COc1ccccc1/C(=C/C=C/C(=O)NCCCCc1cccnc1)c1ccccc1. The van der Waals surface area contributed by atoms with Crippen LogP contribution in [0.5, 0.6) is 5.75 Å². The summed E-state index contributed by atoms with van der Waals surface area (Å²) in [5, 5.41) is 2.95. The van der Waals surface area contributed by atoms with Gasteiger partial charge >= 0.3 is 0 Å². The number of hydrogen-bond donors (Lipinski definition) is 1. The second-order valence-corrected chi connectivity index (χ2v) is 7.12. The van der Waals surface area contributed by atoms with Gasteiger partial charge in [-0.15, -0.1) is 0 Å². The zero-order valence-corrected chi connectivity index (χ0v) is 17.8. The van der Waals surface area contributed by atoms with Gasteiger partial charge in [0.15, 0.2) is 0 Å². The second kappa shape index (κ2) is 12.1. The Morgan fingerprint density at radius 1 is 1.00 bits per heavy atom. The Balaban J connectivity index is 1.58. The molecule has 0 atom stereocenters. The molecule has 0 saturated carbocycles. The largest absolute Gasteiger partial charge is 0.496 e. The molecular weight excluding hydrogens is 384 g/mol. The first-order valence-electron chi connectivity index (χ1n) is 10.5. The average Bonchev–Trinajstić information content (AvgIpc) is 2.83. The number of aryl methyl sites for hydroxylation is 1. The zero-order valence-electron chi connectivity index (χ0n) is 17.8. The minimum atomic E-state index is -0.0925. The molecule has 0 unspecified atom stereocenters. The maximum Gasteiger partial charge on any atom is 0.243 e. The van der Waals surface area contributed by atoms with Crippen LogP contribution in [0.3, 0.4) is 0 Å². The molecule has 0 saturated heterocycles. The third kappa shape index (κ3) is 6.96. The van der Waals surface area contributed by atoms with Crippen LogP contribution in [0.4, 0.5) is 0 Å². The van der Waals surface area contributed by atoms with Gasteiger partial charge in [-0.25, -0.2) is 0 Å². The lowest BCUT2D eigenvalue weighted by molar-refractivity contribution is -0.116. The number of carbonyl (C=O) groups excluding carboxylic acids is 1. The second-order valence-electron chi connectivity index (χ2n) is 7.12. The van der Waals surface area contributed by atoms with E-state index in [9.17, 15) is 4.79 Å². The summed E-state index contributed by atoms with van der Waals surface area (Å²) < 4.78 is 5.54. The van der Waals surface area contributed by atoms with E-state index in [1.165, 1.54) is 5.56 Å². The van der Waals surface area contributed by atoms with Crippen molar-refractivity contribution in [2.24, 2.45) is 0 Å². The molecule has 4 heteroatoms. The van der Waals surface area contributed by atoms with Gasteiger partial charge in [-0.05, 0) is 48.1 Å². The molecule has 0 bridgehead atoms. The van der Waals surface area contributed by atoms with Crippen molar-refractivity contribution in [2.75, 3.05) is 13.7 Å². The van der Waals surface area contributed by atoms with Gasteiger partial charge in [-0.3, -0.25) is 9.78 Å². The minimum Gasteiger partial charge on any atom is -0.496 e. The van der Waals surface area contributed by atoms with Crippen LogP contribution >= 0.6 is 0 Å². The highest BCUT2D eigenvalue weighted by Crippen LogP contribution is 2.30. The van der Waals surface area contributed by atoms with E-state index in [2.05, 4.69) is 28.5 Å². The normalized spacial score (nSPS) is 11.5. The van der Waals surface area contributed by atoms with Crippen molar-refractivity contribution in [1.82, 2.24) is 10.3 Å². The molecule has 0 spiro atoms. The van der Waals surface area contributed by atoms with Gasteiger partial charge in [0.25, 0.3) is 0 Å². The highest BCUT2D eigenvalue weighted by molar-refractivity contribution is 5.89. The van der Waals surface area contributed by atoms with Crippen LogP contribution in [-0.2, 0) is 11.2 Å². The lowest BCUT2D eigenvalue weighted by Gasteiger charge is -2.12. The standard InChI is InChI=1S/C27H28N2O2/c1-31-26-17-6-5-15-25(26)24(23-13-3-2-4-14-23)16-9-18-27(30)29-20-8-7-11-22-12-10-19-28-21-22/h2-6,9-10,12-19,21H,7-8,11,20H2,1H3,(H,29,30)/b18-9+,24-16+. The summed E-state index contributed by atoms with van der Waals surface area (Å²) in [4.78, 5) is 16.3. The Morgan fingerprint density at radius 2 is 1.81 bits per heavy atom. The van der Waals surface area contributed by atoms with Gasteiger partial charge < -0.3 is 10.1 Å². The van der Waals surface area contributed by atoms with Gasteiger partial charge in [0.1, 0.15) is 5.75 Å². The fourth-order valence-corrected chi connectivity index (χ4v) is 3.33. The van der Waals surface area contributed by atoms with Crippen molar-refractivity contribution < 1.29 is 9.53 Å². The number of methoxy groups -OCH3 is 1. The van der Waals surface area contributed by atoms with Crippen molar-refractivity contribution in [3.8, 4) is 5.75 Å². The van der Waals surface area contributed by atoms with Crippen LogP contribution in [0.25, 0.3) is 5.57 Å². The van der Waals surface area contributed by atoms with Crippen LogP contribution in [-0.4, -0.2) is 24.5 Å². The van der Waals surface area contributed by atoms with E-state index in [0.29, 0.717) is 6.54 Å². The van der Waals surface area contributed by atoms with Gasteiger partial charge in [0.2, 0.25) is 5.91 Å². The van der Waals surface area contributed by atoms with Gasteiger partial charge in [-0.1, -0.05) is 66.7 Å². The maximum absolute atomic E-state index is 12.2. The van der Waals surface area contributed by atoms with Crippen molar-refractivity contribution in [3.63, 3.8) is 0 Å². The van der Waals surface area contributed by atoms with E-state index in [1.54, 1.807) is 25.5 Å². The molecule has 0 aliphatic rings. The number of pyridine rings is 1. The topological polar surface area (TPSA) is 51.2 Å². The molecule has 3 aromatic rings. The number of para-hydroxylation sites is 1. The summed E-state index contributed by atoms with van der Waals surface area (Å²) in [5.41, 5.74) is 4.27. The molecule has 1 heterocycles. The Hall–Kier alpha value is -3.66. The molecule has 0 aliphatic heterocycles. The van der Waals surface area contributed by atoms with Crippen LogP contribution in [0.2, 0.25) is 0 Å². The molecule has 2 aromatic carbocycles. The molecule has 4 nitrogen and oxygen atoms in total. The number of rotatable bonds is 10. The molecule has 0 radical (unpaired) electrons. The Kier molecular flexibility index (Phi) is 8.62. The molecule has 0 fully saturated rings. The van der Waals surface area contributed by atoms with E-state index >= 15 is 0 Å². The number of hydrogen-bond acceptors (Lipinski definition) is 3. The van der Waals surface area contributed by atoms with E-state index < -0.39 is 0 Å². The minimum absolute atomic E-state index is 0.0925. The Labute approximate surface area is 184 Å². The summed E-state index contributed by atoms with van der Waals surface area (Å²) in [5.74, 6) is 0.703. The number of nitrogens with one attached hydrogen (secondary N) is 1. The first-order valence-corrected chi connectivity index (χ1v) is 10.5. The maximum atomic E-state index is 12.2. The van der Waals surface area contributed by atoms with Crippen molar-refractivity contribution in [1.29, 1.82) is 0 Å². The van der Waals surface area contributed by atoms with E-state index in [-0.39, 0.29) is 5.91 Å². The molecular formula is C27H28N2O2. The van der Waals surface area contributed by atoms with Crippen molar-refractivity contribution >= 4 is 11.5 Å². The number of unbranched alkanes of at least 4 members (excludes halogenated alkanes) is 1. The first-order chi connectivity index (χ1) is 15.3. The van der Waals surface area contributed by atoms with Crippen LogP contribution in [0, 0.1) is 0 Å². The molecule has 1 amide bonds. The molecule has 1 aromatic heterocycles. The number of amides is 1. The zero-order chi connectivity index (χ0) is 21.7. The third-order valence-electron chi connectivity index (χ3n) is 4.91. The van der Waals surface area contributed by atoms with Crippen molar-refractivity contribution in [2.45, 2.75) is 19.3 Å². The monoisotopic (exact) mass is 412 g/mol. The molecule has 0 aliphatic carbocycles. The summed E-state index contributed by atoms with van der Waals surface area (Å²) in [6.07, 6.45) is 11.9. The number of nitrogens with zero attached hydrogens (tertiary/aromatic N) is 1. The number of ether oxygens (including phenoxy) is 1. The number of aromatic nitrogens is 1. The summed E-state index contributed by atoms with van der Waals surface area (Å²) >= 11 is 0. The first kappa shape index (κ1) is 22.0. The highest BCUT2D eigenvalue weighted by Gasteiger charge is 2.09. The lowest BCUT2D eigenvalue weighted by atomic mass is 9.96. The summed E-state index contributed by atoms with van der Waals surface area (Å²) in [6, 6.07) is 22.0. The van der Waals surface area contributed by atoms with E-state index in [0.717, 1.165) is 41.7 Å². The van der Waals surface area contributed by atoms with Gasteiger partial charge in [0, 0.05) is 30.6 Å². The van der Waals surface area contributed by atoms with E-state index in [1.807, 2.05) is 60.8 Å². The van der Waals surface area contributed by atoms with Gasteiger partial charge in [0.05, 0.1) is 7.11 Å². The Morgan fingerprint density at radius 3 is 2.58 bits per heavy atom. The van der Waals surface area contributed by atoms with Crippen LogP contribution in [0.15, 0.2) is 97.4 Å². The Bertz CT molecular complexity index is 1010. The van der Waals surface area contributed by atoms with E-state index in [4.69, 9.17) is 4.74 Å². The fraction of sp³-hybridized carbons (Fsp3) is 0.185. The van der Waals surface area contributed by atoms with Crippen LogP contribution in [0.1, 0.15) is 29.5 Å². The quantitative estimate of drug-likeness (QED) is 0.282. The number of carbonyl (C=O) groups is 1. The average molecular weight is 413 g/mol. The number of benzene rings is 2. The fourth-order valence-electron chi connectivity index (χ4n) is 3.33. The van der Waals surface area contributed by atoms with Gasteiger partial charge in [-0.2, -0.15) is 0 Å². The van der Waals surface area contributed by atoms with Crippen LogP contribution < -0.4 is 10.1 Å². The summed E-state index contributed by atoms with van der Waals surface area (Å²) in [7, 11) is 1.67. The predicted molar refractivity (Wildman–Crippen MR) is 126 cm³/mol. The number of allylic oxidation sites excluding steroid dienone is 2. The summed E-state index contributed by atoms with van der Waals surface area (Å²) in [6.45, 7) is 0.658. The molecule has 1 N–H and O–H groups in total. The third-order valence-corrected chi connectivity index (χ3v) is 4.91. The molecule has 158 valence electrons. The molecule has 31 heavy (non-hydrogen) atoms. The smallest absolute Gasteiger partial charge is 0.243 e. The molecule has 3 rings (SSSR count). The van der Waals surface area contributed by atoms with Crippen molar-refractivity contribution in [3.05, 3.63) is 114 Å². The highest BCUT2D eigenvalue weighted by atomic mass is 16.5.